The number of benzene rings is 6. The minimum atomic E-state index is 0.539. The van der Waals surface area contributed by atoms with Crippen molar-refractivity contribution >= 4 is 81.7 Å². The highest BCUT2D eigenvalue weighted by Gasteiger charge is 2.26. The van der Waals surface area contributed by atoms with Crippen molar-refractivity contribution < 1.29 is 0 Å². The van der Waals surface area contributed by atoms with Crippen molar-refractivity contribution in [2.75, 3.05) is 0 Å². The molecule has 0 amide bonds. The fourth-order valence-corrected chi connectivity index (χ4v) is 7.98. The van der Waals surface area contributed by atoms with E-state index in [-0.39, 0.29) is 0 Å². The van der Waals surface area contributed by atoms with Crippen LogP contribution in [0.2, 0.25) is 0 Å². The number of para-hydroxylation sites is 2. The van der Waals surface area contributed by atoms with Crippen LogP contribution in [0.3, 0.4) is 0 Å². The zero-order chi connectivity index (χ0) is 31.5. The minimum absolute atomic E-state index is 0.539. The summed E-state index contributed by atoms with van der Waals surface area (Å²) < 4.78 is 4.66. The first-order chi connectivity index (χ1) is 23.8. The molecule has 6 nitrogen and oxygen atoms in total. The van der Waals surface area contributed by atoms with Crippen LogP contribution in [-0.2, 0) is 0 Å². The van der Waals surface area contributed by atoms with Crippen LogP contribution in [-0.4, -0.2) is 23.9 Å². The van der Waals surface area contributed by atoms with E-state index in [2.05, 4.69) is 106 Å². The summed E-state index contributed by atoms with van der Waals surface area (Å²) in [5.74, 6) is 0.539. The third-order valence-corrected chi connectivity index (χ3v) is 9.91. The van der Waals surface area contributed by atoms with Gasteiger partial charge < -0.3 is 4.40 Å². The number of rotatable bonds is 2. The Bertz CT molecular complexity index is 3200. The Labute approximate surface area is 272 Å². The van der Waals surface area contributed by atoms with Crippen LogP contribution in [0.25, 0.3) is 98.9 Å². The van der Waals surface area contributed by atoms with Crippen molar-refractivity contribution in [2.45, 2.75) is 0 Å². The number of nitriles is 1. The molecule has 0 aliphatic carbocycles. The smallest absolute Gasteiger partial charge is 0.237 e. The summed E-state index contributed by atoms with van der Waals surface area (Å²) >= 11 is 0. The molecule has 0 saturated carbocycles. The maximum Gasteiger partial charge on any atom is 0.237 e. The zero-order valence-corrected chi connectivity index (χ0v) is 25.4. The molecule has 0 bridgehead atoms. The van der Waals surface area contributed by atoms with Gasteiger partial charge in [0.05, 0.1) is 44.9 Å². The molecule has 5 aromatic heterocycles. The van der Waals surface area contributed by atoms with Gasteiger partial charge in [0.25, 0.3) is 0 Å². The van der Waals surface area contributed by atoms with Crippen molar-refractivity contribution in [3.8, 4) is 23.3 Å². The lowest BCUT2D eigenvalue weighted by Crippen LogP contribution is -2.04. The SMILES string of the molecule is N#Cc1cccc(-c2nc(-n3c4ccccc4c4cc5c6ccccc6n6c7ccc8ccccc8c7c(c43)c56)nc3ncccc23)c1. The molecule has 0 unspecified atom stereocenters. The van der Waals surface area contributed by atoms with Crippen LogP contribution in [0, 0.1) is 11.3 Å². The summed E-state index contributed by atoms with van der Waals surface area (Å²) in [5, 5.41) is 20.1. The normalized spacial score (nSPS) is 12.1. The lowest BCUT2D eigenvalue weighted by molar-refractivity contribution is 1.01. The van der Waals surface area contributed by atoms with Gasteiger partial charge in [-0.15, -0.1) is 0 Å². The highest BCUT2D eigenvalue weighted by molar-refractivity contribution is 6.37. The van der Waals surface area contributed by atoms with E-state index in [0.717, 1.165) is 38.4 Å². The van der Waals surface area contributed by atoms with E-state index in [1.54, 1.807) is 6.20 Å². The number of aromatic nitrogens is 5. The third-order valence-electron chi connectivity index (χ3n) is 9.91. The first-order valence-corrected chi connectivity index (χ1v) is 15.9. The topological polar surface area (TPSA) is 71.8 Å². The molecular weight excluding hydrogens is 589 g/mol. The first-order valence-electron chi connectivity index (χ1n) is 15.9. The summed E-state index contributed by atoms with van der Waals surface area (Å²) in [4.78, 5) is 15.2. The Morgan fingerprint density at radius 1 is 0.542 bits per heavy atom. The van der Waals surface area contributed by atoms with Gasteiger partial charge in [0.15, 0.2) is 5.65 Å². The van der Waals surface area contributed by atoms with Gasteiger partial charge in [-0.1, -0.05) is 78.9 Å². The van der Waals surface area contributed by atoms with Crippen molar-refractivity contribution in [2.24, 2.45) is 0 Å². The monoisotopic (exact) mass is 610 g/mol. The predicted octanol–water partition coefficient (Wildman–Crippen LogP) is 9.96. The van der Waals surface area contributed by atoms with Crippen molar-refractivity contribution in [1.29, 1.82) is 5.26 Å². The van der Waals surface area contributed by atoms with Gasteiger partial charge in [-0.25, -0.2) is 9.97 Å². The van der Waals surface area contributed by atoms with E-state index in [9.17, 15) is 5.26 Å². The highest BCUT2D eigenvalue weighted by atomic mass is 15.2. The van der Waals surface area contributed by atoms with E-state index in [4.69, 9.17) is 15.0 Å². The van der Waals surface area contributed by atoms with Gasteiger partial charge in [0.2, 0.25) is 5.95 Å². The fraction of sp³-hybridized carbons (Fsp3) is 0. The molecule has 0 saturated heterocycles. The van der Waals surface area contributed by atoms with Crippen LogP contribution in [0.15, 0.2) is 134 Å². The molecule has 11 rings (SSSR count). The van der Waals surface area contributed by atoms with Crippen LogP contribution in [0.4, 0.5) is 0 Å². The molecule has 6 aromatic carbocycles. The minimum Gasteiger partial charge on any atom is -0.308 e. The number of hydrogen-bond donors (Lipinski definition) is 0. The van der Waals surface area contributed by atoms with Gasteiger partial charge >= 0.3 is 0 Å². The average Bonchev–Trinajstić information content (AvgIpc) is 3.79. The molecule has 0 fully saturated rings. The summed E-state index contributed by atoms with van der Waals surface area (Å²) in [6, 6.07) is 46.5. The Kier molecular flexibility index (Phi) is 4.82. The average molecular weight is 611 g/mol. The summed E-state index contributed by atoms with van der Waals surface area (Å²) in [6.07, 6.45) is 1.77. The predicted molar refractivity (Wildman–Crippen MR) is 194 cm³/mol. The summed E-state index contributed by atoms with van der Waals surface area (Å²) in [6.45, 7) is 0. The molecule has 0 aliphatic rings. The maximum atomic E-state index is 9.72. The molecule has 11 aromatic rings. The lowest BCUT2D eigenvalue weighted by atomic mass is 10.00. The fourth-order valence-electron chi connectivity index (χ4n) is 7.98. The van der Waals surface area contributed by atoms with E-state index in [1.807, 2.05) is 36.4 Å². The molecule has 220 valence electrons. The molecular formula is C42H22N6. The van der Waals surface area contributed by atoms with Crippen LogP contribution in [0.5, 0.6) is 0 Å². The number of hydrogen-bond acceptors (Lipinski definition) is 4. The molecule has 0 atom stereocenters. The van der Waals surface area contributed by atoms with Crippen LogP contribution < -0.4 is 0 Å². The molecule has 0 aliphatic heterocycles. The maximum absolute atomic E-state index is 9.72. The largest absolute Gasteiger partial charge is 0.308 e. The second-order valence-electron chi connectivity index (χ2n) is 12.4. The molecule has 5 heterocycles. The van der Waals surface area contributed by atoms with Gasteiger partial charge in [0.1, 0.15) is 0 Å². The van der Waals surface area contributed by atoms with E-state index < -0.39 is 0 Å². The molecule has 0 spiro atoms. The van der Waals surface area contributed by atoms with E-state index in [0.29, 0.717) is 17.2 Å². The summed E-state index contributed by atoms with van der Waals surface area (Å²) in [5.41, 5.74) is 8.41. The van der Waals surface area contributed by atoms with Gasteiger partial charge in [-0.3, -0.25) is 4.57 Å². The molecule has 0 N–H and O–H groups in total. The Hall–Kier alpha value is -6.84. The molecule has 6 heteroatoms. The van der Waals surface area contributed by atoms with Crippen LogP contribution in [0.1, 0.15) is 5.56 Å². The molecule has 48 heavy (non-hydrogen) atoms. The van der Waals surface area contributed by atoms with Crippen molar-refractivity contribution in [3.05, 3.63) is 139 Å². The van der Waals surface area contributed by atoms with Crippen molar-refractivity contribution in [3.63, 3.8) is 0 Å². The number of fused-ring (bicyclic) bond motifs is 13. The van der Waals surface area contributed by atoms with Crippen molar-refractivity contribution in [1.82, 2.24) is 23.9 Å². The molecule has 0 radical (unpaired) electrons. The highest BCUT2D eigenvalue weighted by Crippen LogP contribution is 2.47. The zero-order valence-electron chi connectivity index (χ0n) is 25.4. The second-order valence-corrected chi connectivity index (χ2v) is 12.4. The Balaban J connectivity index is 1.40. The number of nitrogens with zero attached hydrogens (tertiary/aromatic N) is 6. The van der Waals surface area contributed by atoms with Gasteiger partial charge in [-0.2, -0.15) is 10.2 Å². The quantitative estimate of drug-likeness (QED) is 0.195. The standard InChI is InChI=1S/C42H22N6/c43-23-24-9-7-11-26(21-24)38-30-15-8-20-44-41(30)46-42(45-38)48-34-17-6-4-14-29(34)32-22-31-28-13-3-5-16-33(28)47-35-19-18-25-10-1-2-12-27(25)36(35)37(39(31)47)40(32)48/h1-22H. The van der Waals surface area contributed by atoms with Crippen LogP contribution >= 0.6 is 0 Å². The Morgan fingerprint density at radius 2 is 1.29 bits per heavy atom. The third kappa shape index (κ3) is 3.17. The first kappa shape index (κ1) is 25.4. The van der Waals surface area contributed by atoms with Gasteiger partial charge in [-0.05, 0) is 59.3 Å². The van der Waals surface area contributed by atoms with E-state index >= 15 is 0 Å². The van der Waals surface area contributed by atoms with E-state index in [1.165, 1.54) is 48.9 Å². The summed E-state index contributed by atoms with van der Waals surface area (Å²) in [7, 11) is 0. The second kappa shape index (κ2) is 9.12. The lowest BCUT2D eigenvalue weighted by Gasteiger charge is -2.12. The number of pyridine rings is 1. The Morgan fingerprint density at radius 3 is 2.17 bits per heavy atom. The van der Waals surface area contributed by atoms with Gasteiger partial charge in [0, 0.05) is 49.5 Å².